The minimum atomic E-state index is -0.350. The molecule has 144 valence electrons. The van der Waals surface area contributed by atoms with Gasteiger partial charge in [-0.2, -0.15) is 10.4 Å². The zero-order valence-electron chi connectivity index (χ0n) is 15.5. The Labute approximate surface area is 165 Å². The molecule has 1 aromatic carbocycles. The van der Waals surface area contributed by atoms with Crippen molar-refractivity contribution in [3.05, 3.63) is 66.0 Å². The lowest BCUT2D eigenvalue weighted by Gasteiger charge is -2.21. The fourth-order valence-corrected chi connectivity index (χ4v) is 3.18. The number of anilines is 2. The lowest BCUT2D eigenvalue weighted by molar-refractivity contribution is 0.628. The van der Waals surface area contributed by atoms with Crippen LogP contribution in [0.3, 0.4) is 0 Å². The zero-order chi connectivity index (χ0) is 20.4. The number of rotatable bonds is 5. The Morgan fingerprint density at radius 1 is 1.28 bits per heavy atom. The van der Waals surface area contributed by atoms with Crippen LogP contribution in [0, 0.1) is 17.1 Å². The van der Waals surface area contributed by atoms with Crippen molar-refractivity contribution in [1.82, 2.24) is 24.6 Å². The minimum absolute atomic E-state index is 0.104. The highest BCUT2D eigenvalue weighted by molar-refractivity contribution is 5.68. The normalized spacial score (nSPS) is 11.9. The molecule has 29 heavy (non-hydrogen) atoms. The molecule has 1 unspecified atom stereocenters. The van der Waals surface area contributed by atoms with Gasteiger partial charge in [0, 0.05) is 23.5 Å². The molecule has 0 aliphatic heterocycles. The molecule has 3 N–H and O–H groups in total. The highest BCUT2D eigenvalue weighted by Gasteiger charge is 2.21. The topological polar surface area (TPSA) is 118 Å². The molecule has 0 saturated heterocycles. The summed E-state index contributed by atoms with van der Waals surface area (Å²) in [6.07, 6.45) is 5.33. The van der Waals surface area contributed by atoms with E-state index >= 15 is 0 Å². The molecule has 0 aliphatic carbocycles. The molecule has 0 saturated carbocycles. The van der Waals surface area contributed by atoms with Crippen LogP contribution in [0.5, 0.6) is 0 Å². The molecule has 1 atom stereocenters. The maximum Gasteiger partial charge on any atom is 0.153 e. The number of nitrogens with zero attached hydrogens (tertiary/aromatic N) is 6. The van der Waals surface area contributed by atoms with E-state index in [-0.39, 0.29) is 23.2 Å². The number of fused-ring (bicyclic) bond motifs is 1. The highest BCUT2D eigenvalue weighted by Crippen LogP contribution is 2.32. The first-order valence-corrected chi connectivity index (χ1v) is 8.98. The van der Waals surface area contributed by atoms with Gasteiger partial charge in [0.05, 0.1) is 11.7 Å². The van der Waals surface area contributed by atoms with Gasteiger partial charge >= 0.3 is 0 Å². The molecule has 0 radical (unpaired) electrons. The average Bonchev–Trinajstić information content (AvgIpc) is 3.19. The Balaban J connectivity index is 1.86. The number of nitrogens with two attached hydrogens (primary N) is 1. The van der Waals surface area contributed by atoms with Crippen molar-refractivity contribution in [2.24, 2.45) is 0 Å². The summed E-state index contributed by atoms with van der Waals surface area (Å²) in [4.78, 5) is 12.3. The van der Waals surface area contributed by atoms with Gasteiger partial charge in [0.25, 0.3) is 0 Å². The fourth-order valence-electron chi connectivity index (χ4n) is 3.18. The van der Waals surface area contributed by atoms with Crippen molar-refractivity contribution in [2.75, 3.05) is 11.1 Å². The van der Waals surface area contributed by atoms with E-state index in [0.717, 1.165) is 5.56 Å². The van der Waals surface area contributed by atoms with E-state index in [2.05, 4.69) is 25.4 Å². The predicted octanol–water partition coefficient (Wildman–Crippen LogP) is 3.34. The molecule has 0 aliphatic rings. The van der Waals surface area contributed by atoms with Crippen LogP contribution in [-0.2, 0) is 0 Å². The maximum absolute atomic E-state index is 13.9. The van der Waals surface area contributed by atoms with E-state index < -0.39 is 0 Å². The van der Waals surface area contributed by atoms with E-state index in [1.807, 2.05) is 19.1 Å². The number of aromatic nitrogens is 5. The van der Waals surface area contributed by atoms with Crippen LogP contribution in [0.15, 0.2) is 49.1 Å². The molecule has 9 heteroatoms. The first-order chi connectivity index (χ1) is 14.1. The SMILES string of the molecule is CCC(Nc1ncnc(N)c1C#N)c1cc2nccn2nc1-c1cccc(F)c1. The Bertz CT molecular complexity index is 1230. The minimum Gasteiger partial charge on any atom is -0.382 e. The second-order valence-corrected chi connectivity index (χ2v) is 6.39. The molecule has 0 fully saturated rings. The van der Waals surface area contributed by atoms with Crippen molar-refractivity contribution >= 4 is 17.3 Å². The van der Waals surface area contributed by atoms with Crippen molar-refractivity contribution < 1.29 is 4.39 Å². The molecule has 0 bridgehead atoms. The summed E-state index contributed by atoms with van der Waals surface area (Å²) in [6.45, 7) is 1.99. The summed E-state index contributed by atoms with van der Waals surface area (Å²) in [7, 11) is 0. The Morgan fingerprint density at radius 2 is 2.14 bits per heavy atom. The van der Waals surface area contributed by atoms with Gasteiger partial charge < -0.3 is 11.1 Å². The van der Waals surface area contributed by atoms with Gasteiger partial charge in [-0.05, 0) is 24.6 Å². The summed E-state index contributed by atoms with van der Waals surface area (Å²) >= 11 is 0. The van der Waals surface area contributed by atoms with Crippen LogP contribution in [0.4, 0.5) is 16.0 Å². The summed E-state index contributed by atoms with van der Waals surface area (Å²) in [6, 6.07) is 9.91. The number of benzene rings is 1. The third-order valence-electron chi connectivity index (χ3n) is 4.60. The Hall–Kier alpha value is -4.06. The third kappa shape index (κ3) is 3.43. The standard InChI is InChI=1S/C20H17FN8/c1-2-16(27-20-15(10-22)19(23)25-11-26-20)14-9-17-24-6-7-29(17)28-18(14)12-4-3-5-13(21)8-12/h3-9,11,16H,2H2,1H3,(H3,23,25,26,27). The molecule has 4 rings (SSSR count). The van der Waals surface area contributed by atoms with Crippen LogP contribution in [0.2, 0.25) is 0 Å². The molecular formula is C20H17FN8. The largest absolute Gasteiger partial charge is 0.382 e. The number of hydrogen-bond acceptors (Lipinski definition) is 7. The highest BCUT2D eigenvalue weighted by atomic mass is 19.1. The number of nitrogens with one attached hydrogen (secondary N) is 1. The predicted molar refractivity (Wildman–Crippen MR) is 106 cm³/mol. The maximum atomic E-state index is 13.9. The monoisotopic (exact) mass is 388 g/mol. The van der Waals surface area contributed by atoms with E-state index in [4.69, 9.17) is 5.73 Å². The van der Waals surface area contributed by atoms with Gasteiger partial charge in [-0.15, -0.1) is 0 Å². The van der Waals surface area contributed by atoms with Gasteiger partial charge in [0.1, 0.15) is 35.4 Å². The molecule has 3 aromatic heterocycles. The smallest absolute Gasteiger partial charge is 0.153 e. The van der Waals surface area contributed by atoms with Gasteiger partial charge in [-0.3, -0.25) is 0 Å². The zero-order valence-corrected chi connectivity index (χ0v) is 15.5. The van der Waals surface area contributed by atoms with Gasteiger partial charge in [-0.25, -0.2) is 23.9 Å². The van der Waals surface area contributed by atoms with Crippen molar-refractivity contribution in [1.29, 1.82) is 5.26 Å². The van der Waals surface area contributed by atoms with E-state index in [9.17, 15) is 9.65 Å². The first-order valence-electron chi connectivity index (χ1n) is 8.98. The number of nitrogen functional groups attached to an aromatic ring is 1. The third-order valence-corrected chi connectivity index (χ3v) is 4.60. The second-order valence-electron chi connectivity index (χ2n) is 6.39. The lowest BCUT2D eigenvalue weighted by Crippen LogP contribution is -2.15. The fraction of sp³-hybridized carbons (Fsp3) is 0.150. The average molecular weight is 388 g/mol. The Kier molecular flexibility index (Phi) is 4.75. The van der Waals surface area contributed by atoms with Gasteiger partial charge in [-0.1, -0.05) is 19.1 Å². The van der Waals surface area contributed by atoms with E-state index in [1.165, 1.54) is 18.5 Å². The summed E-state index contributed by atoms with van der Waals surface area (Å²) in [5.41, 5.74) is 8.68. The summed E-state index contributed by atoms with van der Waals surface area (Å²) in [5, 5.41) is 17.3. The van der Waals surface area contributed by atoms with Gasteiger partial charge in [0.15, 0.2) is 5.65 Å². The molecular weight excluding hydrogens is 371 g/mol. The molecule has 0 amide bonds. The van der Waals surface area contributed by atoms with Crippen molar-refractivity contribution in [3.8, 4) is 17.3 Å². The number of hydrogen-bond donors (Lipinski definition) is 2. The van der Waals surface area contributed by atoms with Crippen LogP contribution >= 0.6 is 0 Å². The summed E-state index contributed by atoms with van der Waals surface area (Å²) in [5.74, 6) is 0.0876. The van der Waals surface area contributed by atoms with E-state index in [1.54, 1.807) is 29.0 Å². The summed E-state index contributed by atoms with van der Waals surface area (Å²) < 4.78 is 15.5. The lowest BCUT2D eigenvalue weighted by atomic mass is 9.98. The molecule has 0 spiro atoms. The van der Waals surface area contributed by atoms with E-state index in [0.29, 0.717) is 29.1 Å². The van der Waals surface area contributed by atoms with Crippen LogP contribution in [0.1, 0.15) is 30.5 Å². The van der Waals surface area contributed by atoms with Crippen molar-refractivity contribution in [3.63, 3.8) is 0 Å². The number of imidazole rings is 1. The van der Waals surface area contributed by atoms with Crippen molar-refractivity contribution in [2.45, 2.75) is 19.4 Å². The van der Waals surface area contributed by atoms with Gasteiger partial charge in [0.2, 0.25) is 0 Å². The first kappa shape index (κ1) is 18.3. The van der Waals surface area contributed by atoms with Crippen LogP contribution < -0.4 is 11.1 Å². The quantitative estimate of drug-likeness (QED) is 0.538. The number of halogens is 1. The molecule has 3 heterocycles. The molecule has 8 nitrogen and oxygen atoms in total. The number of nitriles is 1. The molecule has 4 aromatic rings. The second kappa shape index (κ2) is 7.52. The van der Waals surface area contributed by atoms with Crippen LogP contribution in [-0.4, -0.2) is 24.6 Å². The van der Waals surface area contributed by atoms with Crippen LogP contribution in [0.25, 0.3) is 16.9 Å². The Morgan fingerprint density at radius 3 is 2.90 bits per heavy atom.